The summed E-state index contributed by atoms with van der Waals surface area (Å²) in [5.41, 5.74) is 2.23. The van der Waals surface area contributed by atoms with E-state index in [0.29, 0.717) is 27.9 Å². The van der Waals surface area contributed by atoms with Gasteiger partial charge < -0.3 is 14.6 Å². The lowest BCUT2D eigenvalue weighted by Gasteiger charge is -2.14. The van der Waals surface area contributed by atoms with Crippen LogP contribution in [0.1, 0.15) is 21.5 Å². The Morgan fingerprint density at radius 2 is 1.62 bits per heavy atom. The SMILES string of the molecule is COc1ccccc1NC(=O)Cn1cc(C(=O)c2ccc(C)cc2)c(=O)c2ccccc21. The van der Waals surface area contributed by atoms with Crippen molar-refractivity contribution < 1.29 is 14.3 Å². The molecular weight excluding hydrogens is 404 g/mol. The minimum Gasteiger partial charge on any atom is -0.495 e. The van der Waals surface area contributed by atoms with Gasteiger partial charge in [0.15, 0.2) is 5.78 Å². The number of nitrogens with zero attached hydrogens (tertiary/aromatic N) is 1. The molecule has 4 aromatic rings. The van der Waals surface area contributed by atoms with Crippen molar-refractivity contribution in [1.82, 2.24) is 4.57 Å². The number of benzene rings is 3. The fourth-order valence-electron chi connectivity index (χ4n) is 3.59. The molecular formula is C26H22N2O4. The van der Waals surface area contributed by atoms with E-state index in [2.05, 4.69) is 5.32 Å². The molecule has 160 valence electrons. The van der Waals surface area contributed by atoms with Gasteiger partial charge in [0, 0.05) is 17.1 Å². The number of hydrogen-bond acceptors (Lipinski definition) is 4. The average molecular weight is 426 g/mol. The molecule has 0 spiro atoms. The highest BCUT2D eigenvalue weighted by Gasteiger charge is 2.18. The predicted molar refractivity (Wildman–Crippen MR) is 124 cm³/mol. The smallest absolute Gasteiger partial charge is 0.244 e. The molecule has 0 aliphatic carbocycles. The van der Waals surface area contributed by atoms with Gasteiger partial charge >= 0.3 is 0 Å². The molecule has 0 saturated carbocycles. The molecule has 3 aromatic carbocycles. The van der Waals surface area contributed by atoms with Gasteiger partial charge in [-0.05, 0) is 31.2 Å². The fraction of sp³-hybridized carbons (Fsp3) is 0.115. The van der Waals surface area contributed by atoms with Crippen molar-refractivity contribution in [2.75, 3.05) is 12.4 Å². The van der Waals surface area contributed by atoms with Crippen LogP contribution in [-0.2, 0) is 11.3 Å². The first kappa shape index (κ1) is 21.1. The highest BCUT2D eigenvalue weighted by atomic mass is 16.5. The minimum atomic E-state index is -0.375. The number of nitrogens with one attached hydrogen (secondary N) is 1. The molecule has 0 unspecified atom stereocenters. The van der Waals surface area contributed by atoms with E-state index in [-0.39, 0.29) is 29.2 Å². The molecule has 0 fully saturated rings. The minimum absolute atomic E-state index is 0.0256. The first-order valence-electron chi connectivity index (χ1n) is 10.1. The Morgan fingerprint density at radius 1 is 0.938 bits per heavy atom. The number of methoxy groups -OCH3 is 1. The Morgan fingerprint density at radius 3 is 2.38 bits per heavy atom. The number of aryl methyl sites for hydroxylation is 1. The van der Waals surface area contributed by atoms with E-state index in [1.807, 2.05) is 25.1 Å². The van der Waals surface area contributed by atoms with Crippen LogP contribution in [0.3, 0.4) is 0 Å². The maximum atomic E-state index is 13.1. The molecule has 0 saturated heterocycles. The van der Waals surface area contributed by atoms with Crippen molar-refractivity contribution >= 4 is 28.3 Å². The zero-order chi connectivity index (χ0) is 22.7. The van der Waals surface area contributed by atoms with Crippen molar-refractivity contribution in [2.24, 2.45) is 0 Å². The molecule has 32 heavy (non-hydrogen) atoms. The molecule has 1 heterocycles. The summed E-state index contributed by atoms with van der Waals surface area (Å²) >= 11 is 0. The van der Waals surface area contributed by atoms with Gasteiger partial charge in [-0.3, -0.25) is 14.4 Å². The molecule has 1 amide bonds. The Hall–Kier alpha value is -4.19. The third kappa shape index (κ3) is 4.16. The molecule has 6 nitrogen and oxygen atoms in total. The number of rotatable bonds is 6. The van der Waals surface area contributed by atoms with E-state index in [0.717, 1.165) is 5.56 Å². The average Bonchev–Trinajstić information content (AvgIpc) is 2.81. The number of anilines is 1. The molecule has 6 heteroatoms. The summed E-state index contributed by atoms with van der Waals surface area (Å²) in [6.07, 6.45) is 1.47. The van der Waals surface area contributed by atoms with Gasteiger partial charge in [-0.15, -0.1) is 0 Å². The third-order valence-corrected chi connectivity index (χ3v) is 5.24. The van der Waals surface area contributed by atoms with Crippen LogP contribution in [0.15, 0.2) is 83.8 Å². The molecule has 0 aliphatic heterocycles. The fourth-order valence-corrected chi connectivity index (χ4v) is 3.59. The first-order chi connectivity index (χ1) is 15.5. The number of ether oxygens (including phenoxy) is 1. The second kappa shape index (κ2) is 8.89. The first-order valence-corrected chi connectivity index (χ1v) is 10.1. The Bertz CT molecular complexity index is 1370. The Labute approximate surface area is 185 Å². The summed E-state index contributed by atoms with van der Waals surface area (Å²) < 4.78 is 6.91. The zero-order valence-corrected chi connectivity index (χ0v) is 17.8. The third-order valence-electron chi connectivity index (χ3n) is 5.24. The summed E-state index contributed by atoms with van der Waals surface area (Å²) in [5.74, 6) is -0.141. The number of para-hydroxylation sites is 3. The van der Waals surface area contributed by atoms with Crippen LogP contribution in [0.5, 0.6) is 5.75 Å². The van der Waals surface area contributed by atoms with E-state index >= 15 is 0 Å². The zero-order valence-electron chi connectivity index (χ0n) is 17.8. The number of aromatic nitrogens is 1. The van der Waals surface area contributed by atoms with Gasteiger partial charge in [0.1, 0.15) is 12.3 Å². The summed E-state index contributed by atoms with van der Waals surface area (Å²) in [6.45, 7) is 1.85. The van der Waals surface area contributed by atoms with E-state index in [9.17, 15) is 14.4 Å². The lowest BCUT2D eigenvalue weighted by molar-refractivity contribution is -0.116. The predicted octanol–water partition coefficient (Wildman–Crippen LogP) is 4.19. The lowest BCUT2D eigenvalue weighted by atomic mass is 10.0. The van der Waals surface area contributed by atoms with Gasteiger partial charge in [0.25, 0.3) is 0 Å². The largest absolute Gasteiger partial charge is 0.495 e. The molecule has 0 aliphatic rings. The maximum Gasteiger partial charge on any atom is 0.244 e. The summed E-state index contributed by atoms with van der Waals surface area (Å²) in [7, 11) is 1.53. The van der Waals surface area contributed by atoms with Gasteiger partial charge in [0.05, 0.1) is 23.9 Å². The van der Waals surface area contributed by atoms with Crippen LogP contribution in [-0.4, -0.2) is 23.4 Å². The normalized spacial score (nSPS) is 10.7. The van der Waals surface area contributed by atoms with Gasteiger partial charge in [0.2, 0.25) is 11.3 Å². The number of fused-ring (bicyclic) bond motifs is 1. The van der Waals surface area contributed by atoms with E-state index in [4.69, 9.17) is 4.74 Å². The number of pyridine rings is 1. The number of ketones is 1. The molecule has 1 N–H and O–H groups in total. The topological polar surface area (TPSA) is 77.4 Å². The monoisotopic (exact) mass is 426 g/mol. The van der Waals surface area contributed by atoms with E-state index in [1.54, 1.807) is 59.2 Å². The highest BCUT2D eigenvalue weighted by molar-refractivity contribution is 6.10. The van der Waals surface area contributed by atoms with Gasteiger partial charge in [-0.2, -0.15) is 0 Å². The molecule has 0 bridgehead atoms. The highest BCUT2D eigenvalue weighted by Crippen LogP contribution is 2.23. The maximum absolute atomic E-state index is 13.1. The van der Waals surface area contributed by atoms with Crippen LogP contribution >= 0.6 is 0 Å². The van der Waals surface area contributed by atoms with Crippen LogP contribution in [0.2, 0.25) is 0 Å². The summed E-state index contributed by atoms with van der Waals surface area (Å²) in [4.78, 5) is 39.0. The lowest BCUT2D eigenvalue weighted by Crippen LogP contribution is -2.24. The van der Waals surface area contributed by atoms with Crippen molar-refractivity contribution in [3.05, 3.63) is 106 Å². The molecule has 4 rings (SSSR count). The number of hydrogen-bond donors (Lipinski definition) is 1. The number of carbonyl (C=O) groups is 2. The van der Waals surface area contributed by atoms with Crippen LogP contribution in [0.4, 0.5) is 5.69 Å². The van der Waals surface area contributed by atoms with Crippen LogP contribution in [0, 0.1) is 6.92 Å². The quantitative estimate of drug-likeness (QED) is 0.469. The second-order valence-electron chi connectivity index (χ2n) is 7.46. The number of amides is 1. The van der Waals surface area contributed by atoms with E-state index < -0.39 is 0 Å². The molecule has 0 atom stereocenters. The van der Waals surface area contributed by atoms with Gasteiger partial charge in [-0.1, -0.05) is 54.1 Å². The van der Waals surface area contributed by atoms with E-state index in [1.165, 1.54) is 13.3 Å². The van der Waals surface area contributed by atoms with Crippen molar-refractivity contribution in [2.45, 2.75) is 13.5 Å². The van der Waals surface area contributed by atoms with Crippen LogP contribution in [0.25, 0.3) is 10.9 Å². The van der Waals surface area contributed by atoms with Crippen molar-refractivity contribution in [3.8, 4) is 5.75 Å². The second-order valence-corrected chi connectivity index (χ2v) is 7.46. The summed E-state index contributed by atoms with van der Waals surface area (Å²) in [5, 5.41) is 3.21. The summed E-state index contributed by atoms with van der Waals surface area (Å²) in [6, 6.07) is 21.1. The van der Waals surface area contributed by atoms with Crippen molar-refractivity contribution in [1.29, 1.82) is 0 Å². The molecule has 0 radical (unpaired) electrons. The Balaban J connectivity index is 1.73. The number of carbonyl (C=O) groups excluding carboxylic acids is 2. The molecule has 1 aromatic heterocycles. The van der Waals surface area contributed by atoms with Gasteiger partial charge in [-0.25, -0.2) is 0 Å². The Kier molecular flexibility index (Phi) is 5.85. The van der Waals surface area contributed by atoms with Crippen molar-refractivity contribution in [3.63, 3.8) is 0 Å². The standard InChI is InChI=1S/C26H22N2O4/c1-17-11-13-18(14-12-17)25(30)20-15-28(22-9-5-3-7-19(22)26(20)31)16-24(29)27-21-8-4-6-10-23(21)32-2/h3-15H,16H2,1-2H3,(H,27,29). The van der Waals surface area contributed by atoms with Crippen LogP contribution < -0.4 is 15.5 Å².